The maximum Gasteiger partial charge on any atom is 0.185 e. The Morgan fingerprint density at radius 1 is 1.12 bits per heavy atom. The quantitative estimate of drug-likeness (QED) is 0.552. The van der Waals surface area contributed by atoms with Gasteiger partial charge < -0.3 is 4.42 Å². The molecule has 84 valence electrons. The summed E-state index contributed by atoms with van der Waals surface area (Å²) in [5, 5.41) is 0. The van der Waals surface area contributed by atoms with E-state index in [2.05, 4.69) is 4.98 Å². The van der Waals surface area contributed by atoms with Gasteiger partial charge in [-0.25, -0.2) is 4.98 Å². The first-order valence-corrected chi connectivity index (χ1v) is 5.46. The van der Waals surface area contributed by atoms with Gasteiger partial charge in [-0.05, 0) is 31.5 Å². The fraction of sp³-hybridized carbons (Fsp3) is 0.143. The predicted octanol–water partition coefficient (Wildman–Crippen LogP) is 2.91. The van der Waals surface area contributed by atoms with Crippen LogP contribution in [0.2, 0.25) is 0 Å². The van der Waals surface area contributed by atoms with E-state index in [1.165, 1.54) is 6.07 Å². The van der Waals surface area contributed by atoms with E-state index in [0.717, 1.165) is 22.3 Å². The molecule has 0 unspecified atom stereocenters. The predicted molar refractivity (Wildman–Crippen MR) is 66.4 cm³/mol. The van der Waals surface area contributed by atoms with Crippen molar-refractivity contribution in [3.05, 3.63) is 51.7 Å². The molecule has 0 saturated carbocycles. The minimum absolute atomic E-state index is 0.00386. The standard InChI is InChI=1S/C14H11NO2/c1-8-9(2)14-13(7-11(8)16)17-12-6-4-3-5-10(12)15-14/h3-7H,1-2H3. The molecule has 0 radical (unpaired) electrons. The van der Waals surface area contributed by atoms with E-state index in [9.17, 15) is 4.79 Å². The van der Waals surface area contributed by atoms with E-state index in [1.807, 2.05) is 38.1 Å². The lowest BCUT2D eigenvalue weighted by atomic mass is 10.0. The molecule has 0 bridgehead atoms. The number of nitrogens with zero attached hydrogens (tertiary/aromatic N) is 1. The Balaban J connectivity index is 2.53. The lowest BCUT2D eigenvalue weighted by Crippen LogP contribution is -2.09. The molecular formula is C14H11NO2. The maximum atomic E-state index is 11.7. The van der Waals surface area contributed by atoms with Crippen LogP contribution in [0, 0.1) is 13.8 Å². The van der Waals surface area contributed by atoms with Crippen LogP contribution in [0.4, 0.5) is 0 Å². The highest BCUT2D eigenvalue weighted by Crippen LogP contribution is 2.27. The van der Waals surface area contributed by atoms with Crippen LogP contribution in [0.25, 0.3) is 22.6 Å². The number of para-hydroxylation sites is 2. The zero-order chi connectivity index (χ0) is 12.0. The fourth-order valence-electron chi connectivity index (χ4n) is 1.93. The Bertz CT molecular complexity index is 743. The summed E-state index contributed by atoms with van der Waals surface area (Å²) >= 11 is 0. The third-order valence-electron chi connectivity index (χ3n) is 3.10. The van der Waals surface area contributed by atoms with Crippen LogP contribution in [0.1, 0.15) is 11.1 Å². The molecule has 0 saturated heterocycles. The summed E-state index contributed by atoms with van der Waals surface area (Å²) in [7, 11) is 0. The van der Waals surface area contributed by atoms with Gasteiger partial charge in [0.15, 0.2) is 16.8 Å². The molecule has 0 fully saturated rings. The summed E-state index contributed by atoms with van der Waals surface area (Å²) in [5.74, 6) is 0.553. The smallest absolute Gasteiger partial charge is 0.185 e. The molecule has 1 aromatic rings. The third kappa shape index (κ3) is 1.43. The molecule has 0 amide bonds. The first-order valence-electron chi connectivity index (χ1n) is 5.46. The molecule has 3 heteroatoms. The minimum atomic E-state index is -0.00386. The summed E-state index contributed by atoms with van der Waals surface area (Å²) in [6.45, 7) is 3.71. The second-order valence-electron chi connectivity index (χ2n) is 4.15. The van der Waals surface area contributed by atoms with Crippen molar-refractivity contribution in [2.24, 2.45) is 0 Å². The molecule has 0 N–H and O–H groups in total. The summed E-state index contributed by atoms with van der Waals surface area (Å²) in [4.78, 5) is 16.2. The van der Waals surface area contributed by atoms with Crippen LogP contribution in [0.3, 0.4) is 0 Å². The van der Waals surface area contributed by atoms with Crippen molar-refractivity contribution in [1.29, 1.82) is 0 Å². The second kappa shape index (κ2) is 3.42. The van der Waals surface area contributed by atoms with Crippen molar-refractivity contribution >= 4 is 11.1 Å². The first kappa shape index (κ1) is 10.0. The molecule has 1 heterocycles. The van der Waals surface area contributed by atoms with Gasteiger partial charge in [-0.1, -0.05) is 12.1 Å². The van der Waals surface area contributed by atoms with E-state index >= 15 is 0 Å². The van der Waals surface area contributed by atoms with E-state index < -0.39 is 0 Å². The number of aromatic nitrogens is 1. The maximum absolute atomic E-state index is 11.7. The van der Waals surface area contributed by atoms with Gasteiger partial charge in [-0.2, -0.15) is 0 Å². The molecule has 3 nitrogen and oxygen atoms in total. The van der Waals surface area contributed by atoms with Crippen molar-refractivity contribution in [3.8, 4) is 11.5 Å². The lowest BCUT2D eigenvalue weighted by Gasteiger charge is -2.10. The minimum Gasteiger partial charge on any atom is -0.453 e. The highest BCUT2D eigenvalue weighted by molar-refractivity contribution is 5.77. The monoisotopic (exact) mass is 225 g/mol. The van der Waals surface area contributed by atoms with Gasteiger partial charge in [0.05, 0.1) is 0 Å². The van der Waals surface area contributed by atoms with E-state index in [0.29, 0.717) is 11.3 Å². The number of rotatable bonds is 0. The Labute approximate surface area is 98.1 Å². The molecule has 1 aliphatic heterocycles. The van der Waals surface area contributed by atoms with Gasteiger partial charge in [0.1, 0.15) is 11.2 Å². The zero-order valence-corrected chi connectivity index (χ0v) is 9.65. The molecule has 1 aliphatic carbocycles. The molecule has 0 spiro atoms. The average molecular weight is 225 g/mol. The van der Waals surface area contributed by atoms with Gasteiger partial charge in [-0.15, -0.1) is 0 Å². The van der Waals surface area contributed by atoms with Crippen LogP contribution in [0.15, 0.2) is 39.5 Å². The van der Waals surface area contributed by atoms with Crippen LogP contribution in [-0.4, -0.2) is 4.98 Å². The topological polar surface area (TPSA) is 43.1 Å². The van der Waals surface area contributed by atoms with Crippen LogP contribution < -0.4 is 5.43 Å². The van der Waals surface area contributed by atoms with Gasteiger partial charge in [-0.3, -0.25) is 4.79 Å². The SMILES string of the molecule is Cc1c2nc3ccccc3oc-2cc(=O)c1C. The normalized spacial score (nSPS) is 11.2. The van der Waals surface area contributed by atoms with E-state index in [1.54, 1.807) is 0 Å². The summed E-state index contributed by atoms with van der Waals surface area (Å²) in [5.41, 5.74) is 3.89. The van der Waals surface area contributed by atoms with Crippen LogP contribution in [0.5, 0.6) is 0 Å². The number of hydrogen-bond donors (Lipinski definition) is 0. The van der Waals surface area contributed by atoms with Crippen molar-refractivity contribution in [2.45, 2.75) is 13.8 Å². The molecule has 1 aromatic carbocycles. The van der Waals surface area contributed by atoms with E-state index in [-0.39, 0.29) is 5.43 Å². The van der Waals surface area contributed by atoms with Crippen molar-refractivity contribution in [2.75, 3.05) is 0 Å². The van der Waals surface area contributed by atoms with Gasteiger partial charge in [0.2, 0.25) is 0 Å². The fourth-order valence-corrected chi connectivity index (χ4v) is 1.93. The summed E-state index contributed by atoms with van der Waals surface area (Å²) in [6, 6.07) is 9.07. The number of hydrogen-bond acceptors (Lipinski definition) is 3. The Morgan fingerprint density at radius 2 is 1.88 bits per heavy atom. The Kier molecular flexibility index (Phi) is 2.01. The number of benzene rings is 2. The Hall–Kier alpha value is -2.16. The Morgan fingerprint density at radius 3 is 2.71 bits per heavy atom. The molecule has 0 aromatic heterocycles. The second-order valence-corrected chi connectivity index (χ2v) is 4.15. The van der Waals surface area contributed by atoms with Crippen molar-refractivity contribution < 1.29 is 4.42 Å². The summed E-state index contributed by atoms with van der Waals surface area (Å²) in [6.07, 6.45) is 0. The first-order chi connectivity index (χ1) is 8.16. The van der Waals surface area contributed by atoms with Gasteiger partial charge in [0.25, 0.3) is 0 Å². The lowest BCUT2D eigenvalue weighted by molar-refractivity contribution is 0.611. The van der Waals surface area contributed by atoms with E-state index in [4.69, 9.17) is 4.42 Å². The highest BCUT2D eigenvalue weighted by atomic mass is 16.3. The highest BCUT2D eigenvalue weighted by Gasteiger charge is 2.15. The average Bonchev–Trinajstić information content (AvgIpc) is 2.34. The van der Waals surface area contributed by atoms with Gasteiger partial charge >= 0.3 is 0 Å². The molecule has 3 rings (SSSR count). The van der Waals surface area contributed by atoms with Gasteiger partial charge in [0, 0.05) is 11.6 Å². The zero-order valence-electron chi connectivity index (χ0n) is 9.65. The molecule has 2 aliphatic rings. The third-order valence-corrected chi connectivity index (χ3v) is 3.10. The largest absolute Gasteiger partial charge is 0.453 e. The number of fused-ring (bicyclic) bond motifs is 2. The molecular weight excluding hydrogens is 214 g/mol. The van der Waals surface area contributed by atoms with Crippen molar-refractivity contribution in [3.63, 3.8) is 0 Å². The van der Waals surface area contributed by atoms with Crippen LogP contribution >= 0.6 is 0 Å². The molecule has 17 heavy (non-hydrogen) atoms. The molecule has 0 atom stereocenters. The van der Waals surface area contributed by atoms with Crippen LogP contribution in [-0.2, 0) is 0 Å². The summed E-state index contributed by atoms with van der Waals surface area (Å²) < 4.78 is 5.70. The van der Waals surface area contributed by atoms with Crippen molar-refractivity contribution in [1.82, 2.24) is 4.98 Å².